The number of nitrogens with zero attached hydrogens (tertiary/aromatic N) is 1. The van der Waals surface area contributed by atoms with Crippen molar-refractivity contribution in [3.63, 3.8) is 0 Å². The van der Waals surface area contributed by atoms with Crippen LogP contribution in [0.2, 0.25) is 0 Å². The van der Waals surface area contributed by atoms with Gasteiger partial charge in [0.25, 0.3) is 11.8 Å². The molecule has 0 atom stereocenters. The number of aromatic hydroxyl groups is 1. The summed E-state index contributed by atoms with van der Waals surface area (Å²) in [4.78, 5) is 25.9. The number of phenols is 1. The Hall–Kier alpha value is -2.99. The summed E-state index contributed by atoms with van der Waals surface area (Å²) in [5.74, 6) is -0.363. The molecule has 0 aliphatic carbocycles. The number of phenolic OH excluding ortho intramolecular Hbond substituents is 1. The zero-order valence-corrected chi connectivity index (χ0v) is 14.1. The second-order valence-corrected chi connectivity index (χ2v) is 5.79. The summed E-state index contributed by atoms with van der Waals surface area (Å²) in [6.07, 6.45) is 0. The SMILES string of the molecule is COc1ccc(CN2C(=O)C(Cl)=C(Nc3cccc(O)c3)C2=O)cc1. The van der Waals surface area contributed by atoms with Crippen LogP contribution in [-0.2, 0) is 16.1 Å². The summed E-state index contributed by atoms with van der Waals surface area (Å²) in [6, 6.07) is 13.2. The van der Waals surface area contributed by atoms with E-state index in [2.05, 4.69) is 5.32 Å². The third-order valence-electron chi connectivity index (χ3n) is 3.73. The number of amides is 2. The van der Waals surface area contributed by atoms with Gasteiger partial charge in [0.15, 0.2) is 0 Å². The Bertz CT molecular complexity index is 862. The number of methoxy groups -OCH3 is 1. The summed E-state index contributed by atoms with van der Waals surface area (Å²) in [6.45, 7) is 0.100. The van der Waals surface area contributed by atoms with E-state index in [4.69, 9.17) is 16.3 Å². The van der Waals surface area contributed by atoms with E-state index in [-0.39, 0.29) is 23.0 Å². The lowest BCUT2D eigenvalue weighted by molar-refractivity contribution is -0.138. The van der Waals surface area contributed by atoms with Crippen LogP contribution in [0.25, 0.3) is 0 Å². The Morgan fingerprint density at radius 3 is 2.48 bits per heavy atom. The number of imide groups is 1. The molecule has 1 aliphatic rings. The molecule has 0 aromatic heterocycles. The minimum absolute atomic E-state index is 0.00854. The van der Waals surface area contributed by atoms with Crippen molar-refractivity contribution in [3.05, 3.63) is 64.8 Å². The molecule has 2 aromatic carbocycles. The highest BCUT2D eigenvalue weighted by atomic mass is 35.5. The number of halogens is 1. The van der Waals surface area contributed by atoms with Gasteiger partial charge in [0, 0.05) is 11.8 Å². The van der Waals surface area contributed by atoms with Gasteiger partial charge in [0.2, 0.25) is 0 Å². The van der Waals surface area contributed by atoms with Crippen LogP contribution in [-0.4, -0.2) is 28.9 Å². The molecule has 2 aromatic rings. The molecule has 0 unspecified atom stereocenters. The topological polar surface area (TPSA) is 78.9 Å². The van der Waals surface area contributed by atoms with Crippen LogP contribution >= 0.6 is 11.6 Å². The molecule has 0 radical (unpaired) electrons. The Morgan fingerprint density at radius 2 is 1.84 bits per heavy atom. The Balaban J connectivity index is 1.78. The summed E-state index contributed by atoms with van der Waals surface area (Å²) in [5, 5.41) is 12.1. The minimum atomic E-state index is -0.565. The van der Waals surface area contributed by atoms with Gasteiger partial charge in [0.05, 0.1) is 13.7 Å². The molecule has 25 heavy (non-hydrogen) atoms. The van der Waals surface area contributed by atoms with E-state index in [1.54, 1.807) is 43.5 Å². The third kappa shape index (κ3) is 3.44. The molecule has 0 spiro atoms. The quantitative estimate of drug-likeness (QED) is 0.803. The molecule has 2 amide bonds. The number of carbonyl (C=O) groups excluding carboxylic acids is 2. The van der Waals surface area contributed by atoms with Crippen LogP contribution in [0.3, 0.4) is 0 Å². The number of rotatable bonds is 5. The maximum absolute atomic E-state index is 12.6. The highest BCUT2D eigenvalue weighted by molar-refractivity contribution is 6.48. The normalized spacial score (nSPS) is 14.2. The largest absolute Gasteiger partial charge is 0.508 e. The van der Waals surface area contributed by atoms with Crippen molar-refractivity contribution in [3.8, 4) is 11.5 Å². The maximum atomic E-state index is 12.6. The molecule has 1 aliphatic heterocycles. The van der Waals surface area contributed by atoms with Crippen molar-refractivity contribution in [2.24, 2.45) is 0 Å². The second kappa shape index (κ2) is 6.86. The van der Waals surface area contributed by atoms with Crippen molar-refractivity contribution in [1.82, 2.24) is 4.90 Å². The average molecular weight is 359 g/mol. The number of carbonyl (C=O) groups is 2. The van der Waals surface area contributed by atoms with E-state index < -0.39 is 11.8 Å². The van der Waals surface area contributed by atoms with Gasteiger partial charge in [-0.25, -0.2) is 0 Å². The van der Waals surface area contributed by atoms with E-state index in [9.17, 15) is 14.7 Å². The second-order valence-electron chi connectivity index (χ2n) is 5.41. The predicted molar refractivity (Wildman–Crippen MR) is 93.2 cm³/mol. The molecule has 6 nitrogen and oxygen atoms in total. The van der Waals surface area contributed by atoms with Crippen molar-refractivity contribution in [2.45, 2.75) is 6.54 Å². The zero-order chi connectivity index (χ0) is 18.0. The van der Waals surface area contributed by atoms with Crippen LogP contribution in [0.15, 0.2) is 59.3 Å². The lowest BCUT2D eigenvalue weighted by atomic mass is 10.2. The molecular weight excluding hydrogens is 344 g/mol. The molecule has 1 heterocycles. The molecule has 128 valence electrons. The summed E-state index contributed by atoms with van der Waals surface area (Å²) >= 11 is 6.04. The molecule has 0 saturated carbocycles. The molecule has 0 fully saturated rings. The molecule has 2 N–H and O–H groups in total. The van der Waals surface area contributed by atoms with Crippen LogP contribution in [0.5, 0.6) is 11.5 Å². The first-order valence-electron chi connectivity index (χ1n) is 7.44. The molecular formula is C18H15ClN2O4. The van der Waals surface area contributed by atoms with E-state index >= 15 is 0 Å². The van der Waals surface area contributed by atoms with Crippen molar-refractivity contribution >= 4 is 29.1 Å². The summed E-state index contributed by atoms with van der Waals surface area (Å²) < 4.78 is 5.08. The van der Waals surface area contributed by atoms with Crippen LogP contribution in [0.4, 0.5) is 5.69 Å². The fourth-order valence-electron chi connectivity index (χ4n) is 2.44. The van der Waals surface area contributed by atoms with Gasteiger partial charge in [-0.3, -0.25) is 14.5 Å². The van der Waals surface area contributed by atoms with Crippen LogP contribution < -0.4 is 10.1 Å². The third-order valence-corrected chi connectivity index (χ3v) is 4.08. The number of anilines is 1. The number of nitrogens with one attached hydrogen (secondary N) is 1. The zero-order valence-electron chi connectivity index (χ0n) is 13.3. The number of benzene rings is 2. The predicted octanol–water partition coefficient (Wildman–Crippen LogP) is 2.83. The molecule has 0 bridgehead atoms. The first-order valence-corrected chi connectivity index (χ1v) is 7.82. The smallest absolute Gasteiger partial charge is 0.279 e. The first kappa shape index (κ1) is 16.9. The first-order chi connectivity index (χ1) is 12.0. The number of ether oxygens (including phenoxy) is 1. The van der Waals surface area contributed by atoms with Gasteiger partial charge >= 0.3 is 0 Å². The standard InChI is InChI=1S/C18H15ClN2O4/c1-25-14-7-5-11(6-8-14)10-21-17(23)15(19)16(18(21)24)20-12-3-2-4-13(22)9-12/h2-9,20,22H,10H2,1H3. The molecule has 7 heteroatoms. The number of hydrogen-bond donors (Lipinski definition) is 2. The summed E-state index contributed by atoms with van der Waals surface area (Å²) in [5.41, 5.74) is 1.22. The van der Waals surface area contributed by atoms with E-state index in [1.165, 1.54) is 12.1 Å². The van der Waals surface area contributed by atoms with Gasteiger partial charge in [-0.1, -0.05) is 29.8 Å². The monoisotopic (exact) mass is 358 g/mol. The lowest BCUT2D eigenvalue weighted by Gasteiger charge is -2.15. The molecule has 3 rings (SSSR count). The average Bonchev–Trinajstić information content (AvgIpc) is 2.80. The van der Waals surface area contributed by atoms with Crippen LogP contribution in [0, 0.1) is 0 Å². The van der Waals surface area contributed by atoms with Gasteiger partial charge < -0.3 is 15.2 Å². The van der Waals surface area contributed by atoms with Gasteiger partial charge in [-0.2, -0.15) is 0 Å². The van der Waals surface area contributed by atoms with Gasteiger partial charge in [-0.15, -0.1) is 0 Å². The van der Waals surface area contributed by atoms with Gasteiger partial charge in [-0.05, 0) is 29.8 Å². The highest BCUT2D eigenvalue weighted by Gasteiger charge is 2.37. The Labute approximate surface area is 149 Å². The van der Waals surface area contributed by atoms with Crippen molar-refractivity contribution in [1.29, 1.82) is 0 Å². The molecule has 0 saturated heterocycles. The van der Waals surface area contributed by atoms with Gasteiger partial charge in [0.1, 0.15) is 22.2 Å². The van der Waals surface area contributed by atoms with Crippen molar-refractivity contribution in [2.75, 3.05) is 12.4 Å². The minimum Gasteiger partial charge on any atom is -0.508 e. The highest BCUT2D eigenvalue weighted by Crippen LogP contribution is 2.28. The Morgan fingerprint density at radius 1 is 1.12 bits per heavy atom. The maximum Gasteiger partial charge on any atom is 0.279 e. The Kier molecular flexibility index (Phi) is 4.63. The van der Waals surface area contributed by atoms with E-state index in [0.717, 1.165) is 10.5 Å². The number of hydrogen-bond acceptors (Lipinski definition) is 5. The fourth-order valence-corrected chi connectivity index (χ4v) is 2.67. The van der Waals surface area contributed by atoms with E-state index in [1.807, 2.05) is 0 Å². The summed E-state index contributed by atoms with van der Waals surface area (Å²) in [7, 11) is 1.56. The lowest BCUT2D eigenvalue weighted by Crippen LogP contribution is -2.31. The van der Waals surface area contributed by atoms with Crippen molar-refractivity contribution < 1.29 is 19.4 Å². The fraction of sp³-hybridized carbons (Fsp3) is 0.111. The van der Waals surface area contributed by atoms with E-state index in [0.29, 0.717) is 11.4 Å². The van der Waals surface area contributed by atoms with Crippen LogP contribution in [0.1, 0.15) is 5.56 Å².